The van der Waals surface area contributed by atoms with Gasteiger partial charge in [-0.2, -0.15) is 0 Å². The summed E-state index contributed by atoms with van der Waals surface area (Å²) in [6, 6.07) is 19.6. The summed E-state index contributed by atoms with van der Waals surface area (Å²) >= 11 is 0. The third-order valence-corrected chi connectivity index (χ3v) is 5.26. The molecule has 0 aliphatic heterocycles. The summed E-state index contributed by atoms with van der Waals surface area (Å²) in [5, 5.41) is 5.78. The first kappa shape index (κ1) is 21.5. The Labute approximate surface area is 168 Å². The van der Waals surface area contributed by atoms with Crippen molar-refractivity contribution in [1.82, 2.24) is 15.5 Å². The van der Waals surface area contributed by atoms with Gasteiger partial charge in [0.2, 0.25) is 5.91 Å². The van der Waals surface area contributed by atoms with Gasteiger partial charge in [0.15, 0.2) is 0 Å². The van der Waals surface area contributed by atoms with E-state index in [-0.39, 0.29) is 29.8 Å². The molecule has 0 heterocycles. The van der Waals surface area contributed by atoms with Crippen LogP contribution < -0.4 is 10.6 Å². The van der Waals surface area contributed by atoms with Crippen LogP contribution in [-0.4, -0.2) is 36.5 Å². The Kier molecular flexibility index (Phi) is 7.61. The quantitative estimate of drug-likeness (QED) is 0.732. The van der Waals surface area contributed by atoms with E-state index >= 15 is 0 Å². The molecule has 150 valence electrons. The second kappa shape index (κ2) is 9.93. The molecule has 0 aliphatic carbocycles. The number of amides is 3. The van der Waals surface area contributed by atoms with E-state index < -0.39 is 0 Å². The van der Waals surface area contributed by atoms with Gasteiger partial charge in [0, 0.05) is 38.0 Å². The number of carbonyl (C=O) groups is 2. The summed E-state index contributed by atoms with van der Waals surface area (Å²) < 4.78 is 0. The molecule has 2 aromatic rings. The van der Waals surface area contributed by atoms with Crippen LogP contribution in [0.25, 0.3) is 0 Å². The summed E-state index contributed by atoms with van der Waals surface area (Å²) in [5.41, 5.74) is 2.05. The molecule has 0 radical (unpaired) electrons. The maximum atomic E-state index is 12.2. The Hall–Kier alpha value is -2.82. The number of benzene rings is 2. The molecular formula is C23H31N3O2. The van der Waals surface area contributed by atoms with Crippen LogP contribution in [0.15, 0.2) is 60.7 Å². The van der Waals surface area contributed by atoms with Gasteiger partial charge in [-0.3, -0.25) is 4.79 Å². The number of rotatable bonds is 8. The maximum absolute atomic E-state index is 12.2. The molecule has 0 fully saturated rings. The molecule has 0 aliphatic rings. The number of nitrogens with zero attached hydrogens (tertiary/aromatic N) is 1. The van der Waals surface area contributed by atoms with Crippen LogP contribution >= 0.6 is 0 Å². The molecule has 0 spiro atoms. The van der Waals surface area contributed by atoms with E-state index in [1.54, 1.807) is 11.9 Å². The van der Waals surface area contributed by atoms with Crippen LogP contribution in [0.3, 0.4) is 0 Å². The molecule has 2 aromatic carbocycles. The summed E-state index contributed by atoms with van der Waals surface area (Å²) in [6.07, 6.45) is 0.271. The molecule has 0 saturated heterocycles. The molecule has 1 unspecified atom stereocenters. The average molecular weight is 382 g/mol. The predicted molar refractivity (Wildman–Crippen MR) is 113 cm³/mol. The Morgan fingerprint density at radius 1 is 1.00 bits per heavy atom. The predicted octanol–water partition coefficient (Wildman–Crippen LogP) is 3.70. The van der Waals surface area contributed by atoms with Gasteiger partial charge in [-0.15, -0.1) is 0 Å². The number of nitrogens with one attached hydrogen (secondary N) is 2. The standard InChI is InChI=1S/C23H31N3O2/c1-18(23(2,3)20-13-9-6-10-14-20)25-22(28)24-16-15-21(27)26(4)17-19-11-7-5-8-12-19/h5-14,18H,15-17H2,1-4H3,(H2,24,25,28). The molecule has 5 heteroatoms. The van der Waals surface area contributed by atoms with Crippen LogP contribution in [0.4, 0.5) is 4.79 Å². The number of carbonyl (C=O) groups excluding carboxylic acids is 2. The first-order chi connectivity index (χ1) is 13.3. The van der Waals surface area contributed by atoms with Gasteiger partial charge in [0.05, 0.1) is 0 Å². The number of urea groups is 1. The minimum Gasteiger partial charge on any atom is -0.341 e. The highest BCUT2D eigenvalue weighted by Crippen LogP contribution is 2.26. The van der Waals surface area contributed by atoms with Crippen LogP contribution in [0.2, 0.25) is 0 Å². The summed E-state index contributed by atoms with van der Waals surface area (Å²) in [6.45, 7) is 7.08. The van der Waals surface area contributed by atoms with Crippen molar-refractivity contribution in [3.63, 3.8) is 0 Å². The highest BCUT2D eigenvalue weighted by molar-refractivity contribution is 5.78. The van der Waals surface area contributed by atoms with Crippen LogP contribution in [0, 0.1) is 0 Å². The Balaban J connectivity index is 1.75. The summed E-state index contributed by atoms with van der Waals surface area (Å²) in [5.74, 6) is 0.00168. The fraction of sp³-hybridized carbons (Fsp3) is 0.391. The monoisotopic (exact) mass is 381 g/mol. The molecule has 0 bridgehead atoms. The van der Waals surface area contributed by atoms with Gasteiger partial charge in [-0.1, -0.05) is 74.5 Å². The summed E-state index contributed by atoms with van der Waals surface area (Å²) in [4.78, 5) is 26.2. The highest BCUT2D eigenvalue weighted by Gasteiger charge is 2.28. The second-order valence-corrected chi connectivity index (χ2v) is 7.70. The zero-order valence-corrected chi connectivity index (χ0v) is 17.2. The van der Waals surface area contributed by atoms with E-state index in [1.807, 2.05) is 55.5 Å². The summed E-state index contributed by atoms with van der Waals surface area (Å²) in [7, 11) is 1.78. The molecule has 28 heavy (non-hydrogen) atoms. The first-order valence-electron chi connectivity index (χ1n) is 9.68. The van der Waals surface area contributed by atoms with Crippen LogP contribution in [0.1, 0.15) is 38.3 Å². The molecular weight excluding hydrogens is 350 g/mol. The fourth-order valence-corrected chi connectivity index (χ4v) is 2.97. The van der Waals surface area contributed by atoms with Gasteiger partial charge in [0.25, 0.3) is 0 Å². The number of hydrogen-bond donors (Lipinski definition) is 2. The van der Waals surface area contributed by atoms with Crippen LogP contribution in [0.5, 0.6) is 0 Å². The average Bonchev–Trinajstić information content (AvgIpc) is 2.69. The molecule has 1 atom stereocenters. The lowest BCUT2D eigenvalue weighted by Gasteiger charge is -2.33. The SMILES string of the molecule is CC(NC(=O)NCCC(=O)N(C)Cc1ccccc1)C(C)(C)c1ccccc1. The molecule has 2 N–H and O–H groups in total. The van der Waals surface area contributed by atoms with E-state index in [1.165, 1.54) is 5.56 Å². The Morgan fingerprint density at radius 3 is 2.18 bits per heavy atom. The third kappa shape index (κ3) is 6.12. The topological polar surface area (TPSA) is 61.4 Å². The van der Waals surface area contributed by atoms with Crippen molar-refractivity contribution in [3.8, 4) is 0 Å². The Bertz CT molecular complexity index is 760. The zero-order valence-electron chi connectivity index (χ0n) is 17.2. The van der Waals surface area contributed by atoms with Gasteiger partial charge >= 0.3 is 6.03 Å². The van der Waals surface area contributed by atoms with Gasteiger partial charge in [-0.05, 0) is 18.1 Å². The molecule has 0 aromatic heterocycles. The largest absolute Gasteiger partial charge is 0.341 e. The minimum atomic E-state index is -0.255. The van der Waals surface area contributed by atoms with Crippen LogP contribution in [-0.2, 0) is 16.8 Å². The van der Waals surface area contributed by atoms with E-state index in [0.29, 0.717) is 13.1 Å². The van der Waals surface area contributed by atoms with E-state index in [9.17, 15) is 9.59 Å². The van der Waals surface area contributed by atoms with Crippen molar-refractivity contribution in [3.05, 3.63) is 71.8 Å². The fourth-order valence-electron chi connectivity index (χ4n) is 2.97. The lowest BCUT2D eigenvalue weighted by molar-refractivity contribution is -0.130. The normalized spacial score (nSPS) is 12.1. The third-order valence-electron chi connectivity index (χ3n) is 5.26. The van der Waals surface area contributed by atoms with Crippen molar-refractivity contribution < 1.29 is 9.59 Å². The van der Waals surface area contributed by atoms with Crippen molar-refractivity contribution in [1.29, 1.82) is 0 Å². The van der Waals surface area contributed by atoms with Crippen molar-refractivity contribution in [2.45, 2.75) is 45.2 Å². The highest BCUT2D eigenvalue weighted by atomic mass is 16.2. The van der Waals surface area contributed by atoms with Crippen molar-refractivity contribution in [2.24, 2.45) is 0 Å². The zero-order chi connectivity index (χ0) is 20.6. The second-order valence-electron chi connectivity index (χ2n) is 7.70. The maximum Gasteiger partial charge on any atom is 0.315 e. The number of hydrogen-bond acceptors (Lipinski definition) is 2. The minimum absolute atomic E-state index is 0.00168. The van der Waals surface area contributed by atoms with Gasteiger partial charge < -0.3 is 15.5 Å². The van der Waals surface area contributed by atoms with Crippen molar-refractivity contribution in [2.75, 3.05) is 13.6 Å². The lowest BCUT2D eigenvalue weighted by atomic mass is 9.78. The molecule has 5 nitrogen and oxygen atoms in total. The first-order valence-corrected chi connectivity index (χ1v) is 9.68. The van der Waals surface area contributed by atoms with E-state index in [0.717, 1.165) is 5.56 Å². The lowest BCUT2D eigenvalue weighted by Crippen LogP contribution is -2.49. The van der Waals surface area contributed by atoms with E-state index in [2.05, 4.69) is 36.6 Å². The molecule has 3 amide bonds. The molecule has 2 rings (SSSR count). The van der Waals surface area contributed by atoms with Gasteiger partial charge in [0.1, 0.15) is 0 Å². The van der Waals surface area contributed by atoms with E-state index in [4.69, 9.17) is 0 Å². The van der Waals surface area contributed by atoms with Crippen molar-refractivity contribution >= 4 is 11.9 Å². The van der Waals surface area contributed by atoms with Gasteiger partial charge in [-0.25, -0.2) is 4.79 Å². The Morgan fingerprint density at radius 2 is 1.57 bits per heavy atom. The smallest absolute Gasteiger partial charge is 0.315 e. The molecule has 0 saturated carbocycles.